The van der Waals surface area contributed by atoms with Gasteiger partial charge in [-0.2, -0.15) is 5.10 Å². The highest BCUT2D eigenvalue weighted by Crippen LogP contribution is 2.36. The van der Waals surface area contributed by atoms with Crippen molar-refractivity contribution in [3.05, 3.63) is 107 Å². The predicted molar refractivity (Wildman–Crippen MR) is 145 cm³/mol. The summed E-state index contributed by atoms with van der Waals surface area (Å²) < 4.78 is 21.2. The largest absolute Gasteiger partial charge is 0.494 e. The summed E-state index contributed by atoms with van der Waals surface area (Å²) in [6.07, 6.45) is 3.74. The quantitative estimate of drug-likeness (QED) is 0.208. The molecule has 0 aliphatic carbocycles. The van der Waals surface area contributed by atoms with Crippen LogP contribution in [0.15, 0.2) is 90.0 Å². The normalized spacial score (nSPS) is 14.6. The molecule has 3 aromatic carbocycles. The Morgan fingerprint density at radius 2 is 1.83 bits per heavy atom. The van der Waals surface area contributed by atoms with E-state index in [1.807, 2.05) is 73.8 Å². The number of carbonyl (C=O) groups is 1. The Bertz CT molecular complexity index is 1450. The minimum absolute atomic E-state index is 0.184. The number of aromatic nitrogens is 2. The SMILES string of the molecule is CCOc1cccc(-c2nn(-c3ccccc3)cc2/C=C2\SC(=S)N(Cc3ccc(F)cc3)C2=O)c1. The summed E-state index contributed by atoms with van der Waals surface area (Å²) in [5.74, 6) is 0.247. The van der Waals surface area contributed by atoms with E-state index in [4.69, 9.17) is 22.1 Å². The highest BCUT2D eigenvalue weighted by Gasteiger charge is 2.32. The molecule has 0 atom stereocenters. The van der Waals surface area contributed by atoms with Crippen LogP contribution >= 0.6 is 24.0 Å². The van der Waals surface area contributed by atoms with Crippen LogP contribution < -0.4 is 4.74 Å². The van der Waals surface area contributed by atoms with E-state index in [1.54, 1.807) is 16.8 Å². The molecule has 4 aromatic rings. The maximum absolute atomic E-state index is 13.3. The molecular weight excluding hydrogens is 493 g/mol. The smallest absolute Gasteiger partial charge is 0.266 e. The van der Waals surface area contributed by atoms with Crippen molar-refractivity contribution in [1.29, 1.82) is 0 Å². The molecule has 0 saturated carbocycles. The van der Waals surface area contributed by atoms with Crippen molar-refractivity contribution < 1.29 is 13.9 Å². The van der Waals surface area contributed by atoms with Gasteiger partial charge in [-0.15, -0.1) is 0 Å². The zero-order chi connectivity index (χ0) is 25.1. The lowest BCUT2D eigenvalue weighted by Gasteiger charge is -2.14. The Morgan fingerprint density at radius 3 is 2.58 bits per heavy atom. The van der Waals surface area contributed by atoms with Gasteiger partial charge in [0.15, 0.2) is 0 Å². The third-order valence-electron chi connectivity index (χ3n) is 5.60. The number of para-hydroxylation sites is 1. The van der Waals surface area contributed by atoms with Crippen LogP contribution in [0.4, 0.5) is 4.39 Å². The Labute approximate surface area is 218 Å². The third-order valence-corrected chi connectivity index (χ3v) is 6.97. The fraction of sp³-hybridized carbons (Fsp3) is 0.107. The molecule has 1 amide bonds. The van der Waals surface area contributed by atoms with Crippen molar-refractivity contribution in [3.63, 3.8) is 0 Å². The minimum Gasteiger partial charge on any atom is -0.494 e. The van der Waals surface area contributed by atoms with E-state index >= 15 is 0 Å². The molecule has 8 heteroatoms. The highest BCUT2D eigenvalue weighted by atomic mass is 32.2. The van der Waals surface area contributed by atoms with Gasteiger partial charge in [-0.05, 0) is 55.0 Å². The minimum atomic E-state index is -0.319. The molecule has 1 aromatic heterocycles. The highest BCUT2D eigenvalue weighted by molar-refractivity contribution is 8.26. The summed E-state index contributed by atoms with van der Waals surface area (Å²) >= 11 is 6.76. The van der Waals surface area contributed by atoms with Crippen molar-refractivity contribution in [1.82, 2.24) is 14.7 Å². The molecule has 0 N–H and O–H groups in total. The van der Waals surface area contributed by atoms with Crippen molar-refractivity contribution in [2.75, 3.05) is 6.61 Å². The van der Waals surface area contributed by atoms with Gasteiger partial charge >= 0.3 is 0 Å². The van der Waals surface area contributed by atoms with Crippen molar-refractivity contribution in [3.8, 4) is 22.7 Å². The Balaban J connectivity index is 1.52. The number of ether oxygens (including phenoxy) is 1. The van der Waals surface area contributed by atoms with Crippen LogP contribution in [0.5, 0.6) is 5.75 Å². The lowest BCUT2D eigenvalue weighted by Crippen LogP contribution is -2.27. The van der Waals surface area contributed by atoms with Gasteiger partial charge in [0.2, 0.25) is 0 Å². The maximum Gasteiger partial charge on any atom is 0.266 e. The zero-order valence-corrected chi connectivity index (χ0v) is 21.1. The van der Waals surface area contributed by atoms with Gasteiger partial charge in [0.05, 0.1) is 23.7 Å². The van der Waals surface area contributed by atoms with Gasteiger partial charge in [-0.1, -0.05) is 66.4 Å². The standard InChI is InChI=1S/C28H22FN3O2S2/c1-2-34-24-10-6-7-20(15-24)26-21(18-32(30-26)23-8-4-3-5-9-23)16-25-27(33)31(28(35)36-25)17-19-11-13-22(29)14-12-19/h3-16,18H,2,17H2,1H3/b25-16-. The van der Waals surface area contributed by atoms with Crippen LogP contribution in [0.25, 0.3) is 23.0 Å². The fourth-order valence-corrected chi connectivity index (χ4v) is 5.13. The second-order valence-corrected chi connectivity index (χ2v) is 9.74. The van der Waals surface area contributed by atoms with E-state index in [2.05, 4.69) is 0 Å². The first-order valence-corrected chi connectivity index (χ1v) is 12.6. The molecule has 1 aliphatic heterocycles. The second-order valence-electron chi connectivity index (χ2n) is 8.07. The summed E-state index contributed by atoms with van der Waals surface area (Å²) in [6.45, 7) is 2.79. The number of benzene rings is 3. The molecule has 1 fully saturated rings. The van der Waals surface area contributed by atoms with Gasteiger partial charge < -0.3 is 4.74 Å². The molecule has 0 radical (unpaired) electrons. The molecule has 1 saturated heterocycles. The molecule has 36 heavy (non-hydrogen) atoms. The number of rotatable bonds is 7. The van der Waals surface area contributed by atoms with Crippen molar-refractivity contribution in [2.24, 2.45) is 0 Å². The van der Waals surface area contributed by atoms with Crippen molar-refractivity contribution in [2.45, 2.75) is 13.5 Å². The topological polar surface area (TPSA) is 47.4 Å². The van der Waals surface area contributed by atoms with Crippen LogP contribution in [-0.2, 0) is 11.3 Å². The van der Waals surface area contributed by atoms with E-state index in [1.165, 1.54) is 28.8 Å². The predicted octanol–water partition coefficient (Wildman–Crippen LogP) is 6.48. The van der Waals surface area contributed by atoms with Crippen LogP contribution in [-0.4, -0.2) is 31.5 Å². The number of carbonyl (C=O) groups excluding carboxylic acids is 1. The first kappa shape index (κ1) is 24.0. The average molecular weight is 516 g/mol. The summed E-state index contributed by atoms with van der Waals surface area (Å²) in [7, 11) is 0. The Morgan fingerprint density at radius 1 is 1.06 bits per heavy atom. The third kappa shape index (κ3) is 5.10. The number of hydrogen-bond acceptors (Lipinski definition) is 5. The zero-order valence-electron chi connectivity index (χ0n) is 19.4. The molecule has 0 spiro atoms. The van der Waals surface area contributed by atoms with E-state index in [9.17, 15) is 9.18 Å². The molecule has 180 valence electrons. The van der Waals surface area contributed by atoms with Crippen LogP contribution in [0.1, 0.15) is 18.1 Å². The first-order chi connectivity index (χ1) is 17.5. The number of amides is 1. The fourth-order valence-electron chi connectivity index (χ4n) is 3.88. The molecule has 5 rings (SSSR count). The number of nitrogens with zero attached hydrogens (tertiary/aromatic N) is 3. The van der Waals surface area contributed by atoms with Crippen molar-refractivity contribution >= 4 is 40.3 Å². The number of halogens is 1. The van der Waals surface area contributed by atoms with E-state index in [0.29, 0.717) is 15.8 Å². The number of hydrogen-bond donors (Lipinski definition) is 0. The van der Waals surface area contributed by atoms with Gasteiger partial charge in [0.25, 0.3) is 5.91 Å². The van der Waals surface area contributed by atoms with Gasteiger partial charge in [-0.3, -0.25) is 9.69 Å². The summed E-state index contributed by atoms with van der Waals surface area (Å²) in [5, 5.41) is 4.85. The van der Waals surface area contributed by atoms with Crippen LogP contribution in [0.3, 0.4) is 0 Å². The van der Waals surface area contributed by atoms with E-state index in [0.717, 1.165) is 33.8 Å². The van der Waals surface area contributed by atoms with E-state index in [-0.39, 0.29) is 18.3 Å². The molecule has 2 heterocycles. The number of thioether (sulfide) groups is 1. The van der Waals surface area contributed by atoms with Gasteiger partial charge in [-0.25, -0.2) is 9.07 Å². The number of thiocarbonyl (C=S) groups is 1. The molecular formula is C28H22FN3O2S2. The summed E-state index contributed by atoms with van der Waals surface area (Å²) in [6, 6.07) is 23.6. The molecule has 0 bridgehead atoms. The van der Waals surface area contributed by atoms with E-state index < -0.39 is 0 Å². The lowest BCUT2D eigenvalue weighted by molar-refractivity contribution is -0.122. The molecule has 5 nitrogen and oxygen atoms in total. The maximum atomic E-state index is 13.3. The van der Waals surface area contributed by atoms with Gasteiger partial charge in [0, 0.05) is 17.3 Å². The Kier molecular flexibility index (Phi) is 6.97. The molecule has 0 unspecified atom stereocenters. The lowest BCUT2D eigenvalue weighted by atomic mass is 10.1. The summed E-state index contributed by atoms with van der Waals surface area (Å²) in [5.41, 5.74) is 4.10. The molecule has 1 aliphatic rings. The first-order valence-electron chi connectivity index (χ1n) is 11.4. The monoisotopic (exact) mass is 515 g/mol. The van der Waals surface area contributed by atoms with Crippen LogP contribution in [0.2, 0.25) is 0 Å². The van der Waals surface area contributed by atoms with Gasteiger partial charge in [0.1, 0.15) is 21.6 Å². The average Bonchev–Trinajstić information content (AvgIpc) is 3.43. The second kappa shape index (κ2) is 10.5. The Hall–Kier alpha value is -3.75. The summed E-state index contributed by atoms with van der Waals surface area (Å²) in [4.78, 5) is 15.3. The van der Waals surface area contributed by atoms with Crippen LogP contribution in [0, 0.1) is 5.82 Å².